The van der Waals surface area contributed by atoms with Crippen molar-refractivity contribution in [1.29, 1.82) is 0 Å². The van der Waals surface area contributed by atoms with Gasteiger partial charge < -0.3 is 49.1 Å². The smallest absolute Gasteiger partial charge is 0.408 e. The van der Waals surface area contributed by atoms with Crippen molar-refractivity contribution in [3.8, 4) is 11.4 Å². The molecule has 4 heterocycles. The van der Waals surface area contributed by atoms with Crippen LogP contribution in [0.25, 0.3) is 17.5 Å². The summed E-state index contributed by atoms with van der Waals surface area (Å²) in [5.41, 5.74) is -1.49. The Hall–Kier alpha value is -4.97. The lowest BCUT2D eigenvalue weighted by Gasteiger charge is -2.48. The Bertz CT molecular complexity index is 2020. The Labute approximate surface area is 389 Å². The van der Waals surface area contributed by atoms with Crippen LogP contribution in [0, 0.1) is 29.6 Å². The van der Waals surface area contributed by atoms with E-state index in [9.17, 15) is 29.1 Å². The average molecular weight is 922 g/mol. The molecule has 15 atom stereocenters. The number of aliphatic hydroxyl groups excluding tert-OH is 1. The summed E-state index contributed by atoms with van der Waals surface area (Å²) in [6, 6.07) is 8.04. The second-order valence-electron chi connectivity index (χ2n) is 19.0. The van der Waals surface area contributed by atoms with Crippen LogP contribution in [0.15, 0.2) is 48.8 Å². The molecular weight excluding hydrogens is 851 g/mol. The van der Waals surface area contributed by atoms with Crippen molar-refractivity contribution in [2.75, 3.05) is 20.6 Å². The maximum atomic E-state index is 14.7. The number of fused-ring (bicyclic) bond motifs is 1. The fourth-order valence-corrected chi connectivity index (χ4v) is 9.63. The first kappa shape index (κ1) is 52.0. The highest BCUT2D eigenvalue weighted by Gasteiger charge is 2.58. The number of rotatable bonds is 12. The highest BCUT2D eigenvalue weighted by molar-refractivity contribution is 5.85. The Morgan fingerprint density at radius 2 is 1.70 bits per heavy atom. The molecule has 2 amide bonds. The number of carbonyl (C=O) groups excluding carboxylic acids is 5. The quantitative estimate of drug-likeness (QED) is 0.162. The third-order valence-electron chi connectivity index (χ3n) is 13.6. The van der Waals surface area contributed by atoms with Gasteiger partial charge in [-0.2, -0.15) is 0 Å². The predicted molar refractivity (Wildman–Crippen MR) is 244 cm³/mol. The number of cyclic esters (lactones) is 1. The minimum atomic E-state index is -1.74. The molecule has 1 aromatic heterocycles. The molecular formula is C49H71N5O12. The summed E-state index contributed by atoms with van der Waals surface area (Å²) in [6.07, 6.45) is -0.0611. The van der Waals surface area contributed by atoms with E-state index >= 15 is 0 Å². The van der Waals surface area contributed by atoms with Crippen molar-refractivity contribution in [3.63, 3.8) is 0 Å². The number of esters is 2. The fourth-order valence-electron chi connectivity index (χ4n) is 9.63. The fraction of sp³-hybridized carbons (Fsp3) is 0.653. The van der Waals surface area contributed by atoms with Gasteiger partial charge in [0.2, 0.25) is 0 Å². The number of ether oxygens (including phenoxy) is 6. The molecule has 0 saturated carbocycles. The average Bonchev–Trinajstić information content (AvgIpc) is 3.61. The summed E-state index contributed by atoms with van der Waals surface area (Å²) >= 11 is 0. The number of nitrogens with one attached hydrogen (secondary N) is 2. The molecule has 0 bridgehead atoms. The number of carbonyl (C=O) groups is 5. The van der Waals surface area contributed by atoms with Gasteiger partial charge in [0, 0.05) is 48.3 Å². The number of Topliss-reactive ketones (excluding diaryl/α,β-unsaturated/α-hetero) is 1. The number of alkyl carbamates (subject to hydrolysis) is 2. The van der Waals surface area contributed by atoms with Crippen LogP contribution in [-0.2, 0) is 42.8 Å². The van der Waals surface area contributed by atoms with Crippen molar-refractivity contribution in [3.05, 3.63) is 54.4 Å². The van der Waals surface area contributed by atoms with Crippen molar-refractivity contribution < 1.29 is 57.5 Å². The topological polar surface area (TPSA) is 214 Å². The number of amides is 2. The SMILES string of the molecule is CC[C@H](C)C(=O)O[C@H]1[C@H](C)[C@@H](O[C@@H]2O[C@H](C)C[C@H](N(C)C)[C@H]2O)[C@](C)(OC(=O)NC/C=C/c2ccc(-c3ncccn3)cc2)C[C@@H](C)C(=O)[C@H](C)[C@H]2NC(=O)O[C@]2(C)[C@@H](CC)OC(=O)[C@@H]1C. The number of ketones is 1. The molecule has 1 aromatic carbocycles. The molecule has 2 aromatic rings. The lowest BCUT2D eigenvalue weighted by atomic mass is 9.73. The van der Waals surface area contributed by atoms with E-state index in [1.54, 1.807) is 79.9 Å². The number of nitrogens with zero attached hydrogens (tertiary/aromatic N) is 3. The molecule has 364 valence electrons. The van der Waals surface area contributed by atoms with Gasteiger partial charge >= 0.3 is 24.1 Å². The second kappa shape index (κ2) is 22.2. The van der Waals surface area contributed by atoms with Gasteiger partial charge in [-0.3, -0.25) is 14.4 Å². The number of likely N-dealkylation sites (N-methyl/N-ethyl adjacent to an activating group) is 1. The van der Waals surface area contributed by atoms with Gasteiger partial charge in [-0.25, -0.2) is 19.6 Å². The Morgan fingerprint density at radius 3 is 2.32 bits per heavy atom. The molecule has 0 spiro atoms. The zero-order valence-corrected chi connectivity index (χ0v) is 40.5. The third kappa shape index (κ3) is 11.9. The van der Waals surface area contributed by atoms with Crippen LogP contribution in [0.1, 0.15) is 100 Å². The number of aliphatic hydroxyl groups is 1. The van der Waals surface area contributed by atoms with E-state index in [1.807, 2.05) is 63.2 Å². The molecule has 66 heavy (non-hydrogen) atoms. The van der Waals surface area contributed by atoms with Crippen LogP contribution in [0.4, 0.5) is 9.59 Å². The van der Waals surface area contributed by atoms with E-state index in [4.69, 9.17) is 28.4 Å². The normalized spacial score (nSPS) is 34.9. The summed E-state index contributed by atoms with van der Waals surface area (Å²) in [5, 5.41) is 17.4. The van der Waals surface area contributed by atoms with Crippen LogP contribution in [0.3, 0.4) is 0 Å². The number of hydrogen-bond acceptors (Lipinski definition) is 15. The molecule has 17 heteroatoms. The molecule has 3 N–H and O–H groups in total. The van der Waals surface area contributed by atoms with E-state index < -0.39 is 108 Å². The zero-order valence-electron chi connectivity index (χ0n) is 40.5. The number of benzene rings is 1. The van der Waals surface area contributed by atoms with Crippen LogP contribution in [0.5, 0.6) is 0 Å². The summed E-state index contributed by atoms with van der Waals surface area (Å²) in [5.74, 6) is -5.44. The maximum Gasteiger partial charge on any atom is 0.408 e. The summed E-state index contributed by atoms with van der Waals surface area (Å²) in [6.45, 7) is 17.2. The van der Waals surface area contributed by atoms with Gasteiger partial charge in [-0.05, 0) is 79.1 Å². The van der Waals surface area contributed by atoms with Gasteiger partial charge in [-0.15, -0.1) is 0 Å². The molecule has 0 aliphatic carbocycles. The monoisotopic (exact) mass is 922 g/mol. The highest BCUT2D eigenvalue weighted by Crippen LogP contribution is 2.42. The molecule has 3 aliphatic heterocycles. The van der Waals surface area contributed by atoms with Crippen molar-refractivity contribution in [1.82, 2.24) is 25.5 Å². The highest BCUT2D eigenvalue weighted by atomic mass is 16.7. The van der Waals surface area contributed by atoms with Gasteiger partial charge in [0.05, 0.1) is 24.0 Å². The Kier molecular flexibility index (Phi) is 17.5. The lowest BCUT2D eigenvalue weighted by Crippen LogP contribution is -2.61. The summed E-state index contributed by atoms with van der Waals surface area (Å²) in [4.78, 5) is 80.5. The number of aromatic nitrogens is 2. The van der Waals surface area contributed by atoms with Gasteiger partial charge in [0.25, 0.3) is 0 Å². The zero-order chi connectivity index (χ0) is 48.7. The Morgan fingerprint density at radius 1 is 1.03 bits per heavy atom. The number of hydrogen-bond donors (Lipinski definition) is 3. The van der Waals surface area contributed by atoms with Crippen LogP contribution in [-0.4, -0.2) is 131 Å². The molecule has 3 fully saturated rings. The molecule has 17 nitrogen and oxygen atoms in total. The standard InChI is InChI=1S/C49H71N5O12/c1-13-27(3)43(57)63-39-31(7)41(64-45-38(56)35(54(11)12)25-29(5)61-45)48(9,65-46(59)52-22-15-17-33-18-20-34(21-19-33)42-50-23-16-24-51-42)26-28(4)37(55)30(6)40-49(10,66-47(60)53-40)36(14-2)62-44(58)32(39)8/h15-21,23-24,27-32,35-36,38-41,45,56H,13-14,22,25-26H2,1-12H3,(H,52,59)(H,53,60)/b17-15+/t27-,28+,29+,30-,31-,32+,35-,36+,38+,39-,40+,41+,45-,48+,49+/m0/s1. The largest absolute Gasteiger partial charge is 0.461 e. The minimum absolute atomic E-state index is 0.0497. The molecule has 0 unspecified atom stereocenters. The van der Waals surface area contributed by atoms with Crippen LogP contribution < -0.4 is 10.6 Å². The van der Waals surface area contributed by atoms with Gasteiger partial charge in [-0.1, -0.05) is 78.0 Å². The minimum Gasteiger partial charge on any atom is -0.461 e. The van der Waals surface area contributed by atoms with Crippen LogP contribution in [0.2, 0.25) is 0 Å². The third-order valence-corrected chi connectivity index (χ3v) is 13.6. The van der Waals surface area contributed by atoms with E-state index in [2.05, 4.69) is 20.6 Å². The predicted octanol–water partition coefficient (Wildman–Crippen LogP) is 6.12. The summed E-state index contributed by atoms with van der Waals surface area (Å²) in [7, 11) is 3.68. The first-order valence-corrected chi connectivity index (χ1v) is 23.2. The van der Waals surface area contributed by atoms with Crippen molar-refractivity contribution in [2.45, 2.75) is 155 Å². The lowest BCUT2D eigenvalue weighted by molar-refractivity contribution is -0.298. The molecule has 0 radical (unpaired) electrons. The van der Waals surface area contributed by atoms with Crippen molar-refractivity contribution >= 4 is 36.0 Å². The Balaban J connectivity index is 1.57. The van der Waals surface area contributed by atoms with E-state index in [0.717, 1.165) is 11.1 Å². The summed E-state index contributed by atoms with van der Waals surface area (Å²) < 4.78 is 37.9. The van der Waals surface area contributed by atoms with Crippen molar-refractivity contribution in [2.24, 2.45) is 29.6 Å². The van der Waals surface area contributed by atoms with Crippen LogP contribution >= 0.6 is 0 Å². The molecule has 5 rings (SSSR count). The van der Waals surface area contributed by atoms with Gasteiger partial charge in [0.1, 0.15) is 35.8 Å². The molecule has 3 saturated heterocycles. The molecule has 3 aliphatic rings. The first-order chi connectivity index (χ1) is 31.1. The second-order valence-corrected chi connectivity index (χ2v) is 19.0. The van der Waals surface area contributed by atoms with Gasteiger partial charge in [0.15, 0.2) is 17.7 Å². The van der Waals surface area contributed by atoms with E-state index in [-0.39, 0.29) is 31.3 Å². The van der Waals surface area contributed by atoms with E-state index in [0.29, 0.717) is 18.7 Å². The van der Waals surface area contributed by atoms with E-state index in [1.165, 1.54) is 0 Å². The first-order valence-electron chi connectivity index (χ1n) is 23.2. The maximum absolute atomic E-state index is 14.7.